The standard InChI is InChI=1S/C20H37N/c1-2-3-4-5-6-7-8-9-10-11-12-13-14-15-16-17-18-19-20-21/h15-20H,2-14,21H2,1H3. The topological polar surface area (TPSA) is 26.0 Å². The summed E-state index contributed by atoms with van der Waals surface area (Å²) in [5.74, 6) is 0. The van der Waals surface area contributed by atoms with Crippen molar-refractivity contribution in [2.45, 2.75) is 90.4 Å². The number of unbranched alkanes of at least 4 members (excludes halogenated alkanes) is 12. The Kier molecular flexibility index (Phi) is 18.1. The van der Waals surface area contributed by atoms with Gasteiger partial charge in [0.05, 0.1) is 0 Å². The molecule has 2 N–H and O–H groups in total. The third-order valence-electron chi connectivity index (χ3n) is 3.80. The van der Waals surface area contributed by atoms with Crippen LogP contribution in [0.5, 0.6) is 0 Å². The molecule has 0 unspecified atom stereocenters. The van der Waals surface area contributed by atoms with Crippen LogP contribution in [0, 0.1) is 0 Å². The Balaban J connectivity index is 3.09. The molecule has 0 aliphatic rings. The van der Waals surface area contributed by atoms with Crippen molar-refractivity contribution >= 4 is 0 Å². The molecule has 0 bridgehead atoms. The Morgan fingerprint density at radius 2 is 1.05 bits per heavy atom. The number of nitrogens with two attached hydrogens (primary N) is 1. The van der Waals surface area contributed by atoms with Crippen molar-refractivity contribution in [3.63, 3.8) is 0 Å². The van der Waals surface area contributed by atoms with E-state index in [1.807, 2.05) is 18.2 Å². The van der Waals surface area contributed by atoms with Gasteiger partial charge in [0.1, 0.15) is 0 Å². The van der Waals surface area contributed by atoms with Crippen LogP contribution in [-0.2, 0) is 0 Å². The Hall–Kier alpha value is -0.980. The van der Waals surface area contributed by atoms with E-state index in [-0.39, 0.29) is 0 Å². The van der Waals surface area contributed by atoms with E-state index in [0.29, 0.717) is 0 Å². The number of hydrogen-bond acceptors (Lipinski definition) is 1. The van der Waals surface area contributed by atoms with Crippen LogP contribution in [-0.4, -0.2) is 0 Å². The van der Waals surface area contributed by atoms with E-state index < -0.39 is 0 Å². The van der Waals surface area contributed by atoms with Crippen molar-refractivity contribution in [1.82, 2.24) is 0 Å². The lowest BCUT2D eigenvalue weighted by molar-refractivity contribution is 0.545. The zero-order chi connectivity index (χ0) is 15.4. The van der Waals surface area contributed by atoms with Gasteiger partial charge in [-0.2, -0.15) is 0 Å². The van der Waals surface area contributed by atoms with Gasteiger partial charge in [-0.1, -0.05) is 102 Å². The average molecular weight is 292 g/mol. The summed E-state index contributed by atoms with van der Waals surface area (Å²) < 4.78 is 0. The first-order valence-corrected chi connectivity index (χ1v) is 9.12. The summed E-state index contributed by atoms with van der Waals surface area (Å²) in [7, 11) is 0. The molecule has 0 rings (SSSR count). The van der Waals surface area contributed by atoms with Gasteiger partial charge in [0, 0.05) is 0 Å². The molecule has 0 aromatic rings. The molecule has 0 amide bonds. The highest BCUT2D eigenvalue weighted by Crippen LogP contribution is 2.12. The van der Waals surface area contributed by atoms with Crippen LogP contribution in [0.2, 0.25) is 0 Å². The molecule has 0 saturated heterocycles. The first-order chi connectivity index (χ1) is 10.4. The molecule has 0 spiro atoms. The third-order valence-corrected chi connectivity index (χ3v) is 3.80. The predicted molar refractivity (Wildman–Crippen MR) is 97.3 cm³/mol. The van der Waals surface area contributed by atoms with E-state index in [1.54, 1.807) is 6.20 Å². The maximum atomic E-state index is 5.24. The van der Waals surface area contributed by atoms with E-state index in [0.717, 1.165) is 0 Å². The Morgan fingerprint density at radius 3 is 1.57 bits per heavy atom. The summed E-state index contributed by atoms with van der Waals surface area (Å²) in [6, 6.07) is 0. The average Bonchev–Trinajstić information content (AvgIpc) is 2.50. The van der Waals surface area contributed by atoms with Gasteiger partial charge in [0.25, 0.3) is 0 Å². The smallest absolute Gasteiger partial charge is 0.00624 e. The molecule has 21 heavy (non-hydrogen) atoms. The summed E-state index contributed by atoms with van der Waals surface area (Å²) in [6.45, 7) is 2.28. The van der Waals surface area contributed by atoms with Crippen molar-refractivity contribution in [1.29, 1.82) is 0 Å². The zero-order valence-electron chi connectivity index (χ0n) is 14.2. The van der Waals surface area contributed by atoms with Crippen molar-refractivity contribution in [3.8, 4) is 0 Å². The summed E-state index contributed by atoms with van der Waals surface area (Å²) in [4.78, 5) is 0. The first kappa shape index (κ1) is 20.0. The monoisotopic (exact) mass is 291 g/mol. The minimum Gasteiger partial charge on any atom is -0.405 e. The van der Waals surface area contributed by atoms with Gasteiger partial charge in [-0.25, -0.2) is 0 Å². The largest absolute Gasteiger partial charge is 0.405 e. The lowest BCUT2D eigenvalue weighted by Crippen LogP contribution is -1.82. The molecule has 0 heterocycles. The first-order valence-electron chi connectivity index (χ1n) is 9.12. The fourth-order valence-electron chi connectivity index (χ4n) is 2.47. The molecule has 1 nitrogen and oxygen atoms in total. The molecular weight excluding hydrogens is 254 g/mol. The molecule has 0 radical (unpaired) electrons. The zero-order valence-corrected chi connectivity index (χ0v) is 14.2. The lowest BCUT2D eigenvalue weighted by Gasteiger charge is -2.02. The fourth-order valence-corrected chi connectivity index (χ4v) is 2.47. The van der Waals surface area contributed by atoms with Crippen molar-refractivity contribution < 1.29 is 0 Å². The molecule has 0 saturated carbocycles. The molecular formula is C20H37N. The fraction of sp³-hybridized carbons (Fsp3) is 0.700. The Morgan fingerprint density at radius 1 is 0.571 bits per heavy atom. The second-order valence-corrected chi connectivity index (χ2v) is 5.88. The molecule has 122 valence electrons. The van der Waals surface area contributed by atoms with E-state index >= 15 is 0 Å². The normalized spacial score (nSPS) is 12.2. The molecule has 0 fully saturated rings. The van der Waals surface area contributed by atoms with Crippen LogP contribution in [0.1, 0.15) is 90.4 Å². The van der Waals surface area contributed by atoms with Gasteiger partial charge in [-0.3, -0.25) is 0 Å². The molecule has 0 aromatic heterocycles. The highest BCUT2D eigenvalue weighted by Gasteiger charge is 1.92. The lowest BCUT2D eigenvalue weighted by atomic mass is 10.0. The molecule has 0 aromatic carbocycles. The van der Waals surface area contributed by atoms with E-state index in [9.17, 15) is 0 Å². The van der Waals surface area contributed by atoms with Gasteiger partial charge in [-0.15, -0.1) is 0 Å². The Bertz CT molecular complexity index is 263. The highest BCUT2D eigenvalue weighted by molar-refractivity contribution is 5.10. The van der Waals surface area contributed by atoms with Crippen LogP contribution in [0.3, 0.4) is 0 Å². The van der Waals surface area contributed by atoms with Gasteiger partial charge in [0.2, 0.25) is 0 Å². The summed E-state index contributed by atoms with van der Waals surface area (Å²) in [6.07, 6.45) is 30.0. The van der Waals surface area contributed by atoms with Crippen LogP contribution in [0.15, 0.2) is 36.6 Å². The second-order valence-electron chi connectivity index (χ2n) is 5.88. The molecule has 1 heteroatoms. The molecule has 0 aliphatic carbocycles. The SMILES string of the molecule is CCCCCCCCCCCCCCC=CC=CC=CN. The highest BCUT2D eigenvalue weighted by atomic mass is 14.5. The van der Waals surface area contributed by atoms with Crippen LogP contribution >= 0.6 is 0 Å². The number of rotatable bonds is 15. The number of hydrogen-bond donors (Lipinski definition) is 1. The third kappa shape index (κ3) is 19.0. The van der Waals surface area contributed by atoms with Crippen molar-refractivity contribution in [3.05, 3.63) is 36.6 Å². The van der Waals surface area contributed by atoms with Crippen molar-refractivity contribution in [2.24, 2.45) is 5.73 Å². The second kappa shape index (κ2) is 19.0. The number of allylic oxidation sites excluding steroid dienone is 5. The summed E-state index contributed by atoms with van der Waals surface area (Å²) in [5.41, 5.74) is 5.24. The van der Waals surface area contributed by atoms with Gasteiger partial charge < -0.3 is 5.73 Å². The summed E-state index contributed by atoms with van der Waals surface area (Å²) >= 11 is 0. The van der Waals surface area contributed by atoms with Gasteiger partial charge in [-0.05, 0) is 25.1 Å². The van der Waals surface area contributed by atoms with E-state index in [1.165, 1.54) is 83.5 Å². The van der Waals surface area contributed by atoms with Crippen molar-refractivity contribution in [2.75, 3.05) is 0 Å². The van der Waals surface area contributed by atoms with E-state index in [2.05, 4.69) is 19.1 Å². The van der Waals surface area contributed by atoms with Crippen LogP contribution in [0.25, 0.3) is 0 Å². The Labute approximate surface area is 133 Å². The summed E-state index contributed by atoms with van der Waals surface area (Å²) in [5, 5.41) is 0. The maximum Gasteiger partial charge on any atom is -0.00624 e. The van der Waals surface area contributed by atoms with Gasteiger partial charge >= 0.3 is 0 Å². The maximum absolute atomic E-state index is 5.24. The van der Waals surface area contributed by atoms with Crippen LogP contribution < -0.4 is 5.73 Å². The van der Waals surface area contributed by atoms with E-state index in [4.69, 9.17) is 5.73 Å². The van der Waals surface area contributed by atoms with Crippen LogP contribution in [0.4, 0.5) is 0 Å². The quantitative estimate of drug-likeness (QED) is 0.265. The molecule has 0 aliphatic heterocycles. The minimum absolute atomic E-state index is 1.20. The predicted octanol–water partition coefficient (Wildman–Crippen LogP) is 6.66. The minimum atomic E-state index is 1.20. The molecule has 0 atom stereocenters. The van der Waals surface area contributed by atoms with Gasteiger partial charge in [0.15, 0.2) is 0 Å².